The van der Waals surface area contributed by atoms with Gasteiger partial charge in [-0.15, -0.1) is 0 Å². The van der Waals surface area contributed by atoms with Gasteiger partial charge in [0.15, 0.2) is 0 Å². The van der Waals surface area contributed by atoms with Gasteiger partial charge in [-0.2, -0.15) is 0 Å². The van der Waals surface area contributed by atoms with Gasteiger partial charge in [0.1, 0.15) is 0 Å². The van der Waals surface area contributed by atoms with Gasteiger partial charge in [-0.25, -0.2) is 0 Å². The first kappa shape index (κ1) is 32.2. The zero-order valence-corrected chi connectivity index (χ0v) is 17.2. The Bertz CT molecular complexity index is 57.6. The summed E-state index contributed by atoms with van der Waals surface area (Å²) in [6.45, 7) is 8.00. The molecule has 2 saturated carbocycles. The fourth-order valence-corrected chi connectivity index (χ4v) is 1.77. The van der Waals surface area contributed by atoms with E-state index in [1.807, 2.05) is 27.7 Å². The molecular formula is C16H38Cl2V-2. The quantitative estimate of drug-likeness (QED) is 0.385. The van der Waals surface area contributed by atoms with Gasteiger partial charge in [-0.05, 0) is 0 Å². The maximum atomic E-state index is 4.86. The van der Waals surface area contributed by atoms with Crippen molar-refractivity contribution >= 4 is 19.7 Å². The molecule has 0 aliphatic heterocycles. The van der Waals surface area contributed by atoms with Crippen LogP contribution in [0.3, 0.4) is 0 Å². The van der Waals surface area contributed by atoms with E-state index >= 15 is 0 Å². The van der Waals surface area contributed by atoms with Crippen LogP contribution in [0.5, 0.6) is 0 Å². The molecule has 3 heteroatoms. The molecule has 0 amide bonds. The van der Waals surface area contributed by atoms with Crippen molar-refractivity contribution in [3.05, 3.63) is 14.9 Å². The SMILES string of the molecule is C1CCCC1.C1CCCC1.CC.CC.[CH3-].[CH3-].[Cl][V][Cl]. The molecule has 0 N–H and O–H groups in total. The molecule has 0 saturated heterocycles. The van der Waals surface area contributed by atoms with Gasteiger partial charge in [-0.3, -0.25) is 0 Å². The summed E-state index contributed by atoms with van der Waals surface area (Å²) < 4.78 is 0. The van der Waals surface area contributed by atoms with Crippen LogP contribution in [0.2, 0.25) is 0 Å². The first-order valence-electron chi connectivity index (χ1n) is 7.34. The van der Waals surface area contributed by atoms with Gasteiger partial charge in [0.25, 0.3) is 0 Å². The predicted octanol–water partition coefficient (Wildman–Crippen LogP) is 8.23. The van der Waals surface area contributed by atoms with Gasteiger partial charge in [-0.1, -0.05) is 91.9 Å². The first-order valence-corrected chi connectivity index (χ1v) is 11.2. The van der Waals surface area contributed by atoms with Crippen LogP contribution in [0.15, 0.2) is 0 Å². The molecule has 0 aromatic carbocycles. The zero-order valence-electron chi connectivity index (χ0n) is 14.3. The molecule has 19 heavy (non-hydrogen) atoms. The summed E-state index contributed by atoms with van der Waals surface area (Å²) in [7, 11) is 9.72. The topological polar surface area (TPSA) is 0 Å². The summed E-state index contributed by atoms with van der Waals surface area (Å²) in [6, 6.07) is 0. The van der Waals surface area contributed by atoms with Crippen LogP contribution in [0, 0.1) is 14.9 Å². The third-order valence-electron chi connectivity index (χ3n) is 2.50. The van der Waals surface area contributed by atoms with E-state index in [0.29, 0.717) is 0 Å². The summed E-state index contributed by atoms with van der Waals surface area (Å²) in [5.41, 5.74) is 0. The number of rotatable bonds is 0. The van der Waals surface area contributed by atoms with Crippen LogP contribution >= 0.6 is 19.7 Å². The Hall–Kier alpha value is 1.16. The molecule has 0 aromatic rings. The van der Waals surface area contributed by atoms with Crippen LogP contribution < -0.4 is 0 Å². The van der Waals surface area contributed by atoms with E-state index in [-0.39, 0.29) is 29.2 Å². The van der Waals surface area contributed by atoms with Gasteiger partial charge in [0, 0.05) is 0 Å². The van der Waals surface area contributed by atoms with Crippen molar-refractivity contribution in [1.29, 1.82) is 0 Å². The van der Waals surface area contributed by atoms with E-state index in [1.165, 1.54) is 64.2 Å². The third kappa shape index (κ3) is 45.3. The second-order valence-electron chi connectivity index (χ2n) is 3.60. The number of hydrogen-bond donors (Lipinski definition) is 0. The van der Waals surface area contributed by atoms with Crippen molar-refractivity contribution in [3.8, 4) is 0 Å². The predicted molar refractivity (Wildman–Crippen MR) is 93.4 cm³/mol. The second kappa shape index (κ2) is 42.7. The van der Waals surface area contributed by atoms with Crippen molar-refractivity contribution in [3.63, 3.8) is 0 Å². The molecule has 0 atom stereocenters. The number of halogens is 2. The van der Waals surface area contributed by atoms with Gasteiger partial charge >= 0.3 is 34.1 Å². The van der Waals surface area contributed by atoms with Crippen LogP contribution in [0.1, 0.15) is 91.9 Å². The molecule has 0 heterocycles. The van der Waals surface area contributed by atoms with Gasteiger partial charge in [0.05, 0.1) is 0 Å². The fourth-order valence-electron chi connectivity index (χ4n) is 1.77. The van der Waals surface area contributed by atoms with Gasteiger partial charge < -0.3 is 14.9 Å². The minimum atomic E-state index is -0.368. The zero-order chi connectivity index (χ0) is 13.8. The Kier molecular flexibility index (Phi) is 72.4. The van der Waals surface area contributed by atoms with E-state index in [1.54, 1.807) is 0 Å². The molecule has 2 rings (SSSR count). The summed E-state index contributed by atoms with van der Waals surface area (Å²) in [5, 5.41) is 0. The molecule has 2 fully saturated rings. The molecule has 0 unspecified atom stereocenters. The van der Waals surface area contributed by atoms with E-state index in [0.717, 1.165) is 0 Å². The van der Waals surface area contributed by atoms with Gasteiger partial charge in [0.2, 0.25) is 0 Å². The molecule has 0 spiro atoms. The van der Waals surface area contributed by atoms with E-state index in [9.17, 15) is 0 Å². The van der Waals surface area contributed by atoms with E-state index < -0.39 is 0 Å². The van der Waals surface area contributed by atoms with Crippen LogP contribution in [-0.4, -0.2) is 0 Å². The van der Waals surface area contributed by atoms with Crippen LogP contribution in [0.4, 0.5) is 0 Å². The van der Waals surface area contributed by atoms with Crippen molar-refractivity contribution in [2.75, 3.05) is 0 Å². The molecule has 0 nitrogen and oxygen atoms in total. The molecule has 2 aliphatic rings. The molecule has 0 bridgehead atoms. The molecule has 0 radical (unpaired) electrons. The first-order chi connectivity index (χ1) is 8.41. The van der Waals surface area contributed by atoms with E-state index in [4.69, 9.17) is 19.7 Å². The van der Waals surface area contributed by atoms with E-state index in [2.05, 4.69) is 0 Å². The molecule has 0 aromatic heterocycles. The third-order valence-corrected chi connectivity index (χ3v) is 2.50. The van der Waals surface area contributed by atoms with Crippen LogP contribution in [-0.2, 0) is 14.4 Å². The average molecular weight is 352 g/mol. The molecule has 2 aliphatic carbocycles. The summed E-state index contributed by atoms with van der Waals surface area (Å²) in [6.07, 6.45) is 15.0. The van der Waals surface area contributed by atoms with Crippen molar-refractivity contribution in [1.82, 2.24) is 0 Å². The maximum absolute atomic E-state index is 4.86. The Labute approximate surface area is 140 Å². The average Bonchev–Trinajstić information content (AvgIpc) is 3.13. The Morgan fingerprint density at radius 2 is 0.526 bits per heavy atom. The van der Waals surface area contributed by atoms with Crippen molar-refractivity contribution in [2.45, 2.75) is 91.9 Å². The van der Waals surface area contributed by atoms with Crippen molar-refractivity contribution in [2.24, 2.45) is 0 Å². The summed E-state index contributed by atoms with van der Waals surface area (Å²) >= 11 is -0.368. The Morgan fingerprint density at radius 3 is 0.579 bits per heavy atom. The standard InChI is InChI=1S/2C5H10.2C2H6.2CH3.2ClH.V/c2*1-2-4-5-3-1;2*1-2;;;;;/h2*1-5H2;2*1-2H3;2*1H3;2*1H;/q;;;;2*-1;;;+2/p-2. The Morgan fingerprint density at radius 1 is 0.474 bits per heavy atom. The minimum absolute atomic E-state index is 0. The van der Waals surface area contributed by atoms with Crippen molar-refractivity contribution < 1.29 is 14.4 Å². The summed E-state index contributed by atoms with van der Waals surface area (Å²) in [4.78, 5) is 0. The Balaban J connectivity index is -0.0000000447. The fraction of sp³-hybridized carbons (Fsp3) is 0.875. The number of hydrogen-bond acceptors (Lipinski definition) is 0. The summed E-state index contributed by atoms with van der Waals surface area (Å²) in [5.74, 6) is 0. The molecular weight excluding hydrogens is 314 g/mol. The second-order valence-corrected chi connectivity index (χ2v) is 5.91. The normalized spacial score (nSPS) is 14.0. The molecule has 123 valence electrons. The van der Waals surface area contributed by atoms with Crippen LogP contribution in [0.25, 0.3) is 0 Å². The monoisotopic (exact) mass is 351 g/mol.